The van der Waals surface area contributed by atoms with Gasteiger partial charge in [0.15, 0.2) is 0 Å². The predicted molar refractivity (Wildman–Crippen MR) is 85.7 cm³/mol. The van der Waals surface area contributed by atoms with Crippen LogP contribution >= 0.6 is 11.6 Å². The average molecular weight is 355 g/mol. The summed E-state index contributed by atoms with van der Waals surface area (Å²) in [5, 5.41) is 1.73. The van der Waals surface area contributed by atoms with Crippen molar-refractivity contribution in [1.29, 1.82) is 0 Å². The fraction of sp³-hybridized carbons (Fsp3) is 0.235. The molecule has 2 aromatic carbocycles. The minimum absolute atomic E-state index is 0.165. The van der Waals surface area contributed by atoms with E-state index in [1.807, 2.05) is 6.92 Å². The lowest BCUT2D eigenvalue weighted by molar-refractivity contribution is -0.137. The first kappa shape index (κ1) is 16.8. The Kier molecular flexibility index (Phi) is 4.27. The zero-order valence-corrected chi connectivity index (χ0v) is 13.4. The molecular formula is C17H14ClF3N2O. The molecule has 0 bridgehead atoms. The minimum atomic E-state index is -4.46. The van der Waals surface area contributed by atoms with Crippen molar-refractivity contribution in [3.8, 4) is 0 Å². The average Bonchev–Trinajstić information content (AvgIpc) is 2.83. The molecule has 1 N–H and O–H groups in total. The number of hydrogen-bond acceptors (Lipinski definition) is 2. The number of carbonyl (C=O) groups excluding carboxylic acids is 1. The monoisotopic (exact) mass is 354 g/mol. The summed E-state index contributed by atoms with van der Waals surface area (Å²) >= 11 is 5.86. The molecule has 3 rings (SSSR count). The molecule has 1 fully saturated rings. The van der Waals surface area contributed by atoms with Gasteiger partial charge < -0.3 is 0 Å². The number of hydrazine groups is 1. The van der Waals surface area contributed by atoms with Gasteiger partial charge in [0.1, 0.15) is 0 Å². The molecule has 7 heteroatoms. The van der Waals surface area contributed by atoms with Gasteiger partial charge in [-0.05, 0) is 42.8 Å². The van der Waals surface area contributed by atoms with Gasteiger partial charge in [0, 0.05) is 11.1 Å². The van der Waals surface area contributed by atoms with Crippen molar-refractivity contribution < 1.29 is 18.0 Å². The van der Waals surface area contributed by atoms with Crippen molar-refractivity contribution in [2.75, 3.05) is 5.01 Å². The van der Waals surface area contributed by atoms with Crippen molar-refractivity contribution in [3.63, 3.8) is 0 Å². The Morgan fingerprint density at radius 3 is 2.42 bits per heavy atom. The highest BCUT2D eigenvalue weighted by Gasteiger charge is 2.40. The summed E-state index contributed by atoms with van der Waals surface area (Å²) in [7, 11) is 0. The highest BCUT2D eigenvalue weighted by Crippen LogP contribution is 2.35. The number of benzene rings is 2. The molecule has 3 nitrogen and oxygen atoms in total. The van der Waals surface area contributed by atoms with E-state index in [9.17, 15) is 18.0 Å². The lowest BCUT2D eigenvalue weighted by atomic mass is 9.93. The van der Waals surface area contributed by atoms with Crippen molar-refractivity contribution in [2.45, 2.75) is 25.1 Å². The Bertz CT molecular complexity index is 761. The third-order valence-corrected chi connectivity index (χ3v) is 4.23. The zero-order chi connectivity index (χ0) is 17.5. The molecule has 24 heavy (non-hydrogen) atoms. The third-order valence-electron chi connectivity index (χ3n) is 3.98. The first-order chi connectivity index (χ1) is 11.3. The molecular weight excluding hydrogens is 341 g/mol. The first-order valence-corrected chi connectivity index (χ1v) is 7.68. The second kappa shape index (κ2) is 6.11. The highest BCUT2D eigenvalue weighted by molar-refractivity contribution is 6.30. The summed E-state index contributed by atoms with van der Waals surface area (Å²) in [4.78, 5) is 12.7. The van der Waals surface area contributed by atoms with E-state index < -0.39 is 17.7 Å². The van der Waals surface area contributed by atoms with E-state index in [4.69, 9.17) is 11.6 Å². The number of anilines is 1. The summed E-state index contributed by atoms with van der Waals surface area (Å²) in [5.41, 5.74) is 3.08. The van der Waals surface area contributed by atoms with Crippen LogP contribution in [0.3, 0.4) is 0 Å². The number of halogens is 4. The van der Waals surface area contributed by atoms with E-state index in [0.29, 0.717) is 5.02 Å². The number of alkyl halides is 3. The molecule has 2 atom stereocenters. The van der Waals surface area contributed by atoms with Gasteiger partial charge in [-0.25, -0.2) is 10.4 Å². The molecule has 0 radical (unpaired) electrons. The lowest BCUT2D eigenvalue weighted by Gasteiger charge is -2.18. The van der Waals surface area contributed by atoms with Gasteiger partial charge in [-0.1, -0.05) is 29.8 Å². The summed E-state index contributed by atoms with van der Waals surface area (Å²) in [6, 6.07) is 11.3. The third kappa shape index (κ3) is 3.12. The molecule has 0 spiro atoms. The van der Waals surface area contributed by atoms with Gasteiger partial charge in [0.05, 0.1) is 17.2 Å². The number of rotatable bonds is 2. The maximum atomic E-state index is 12.9. The summed E-state index contributed by atoms with van der Waals surface area (Å²) in [5.74, 6) is -0.791. The number of nitrogens with one attached hydrogen (secondary N) is 1. The van der Waals surface area contributed by atoms with Crippen LogP contribution in [0.2, 0.25) is 5.02 Å². The smallest absolute Gasteiger partial charge is 0.272 e. The Labute approximate surface area is 142 Å². The van der Waals surface area contributed by atoms with Gasteiger partial charge >= 0.3 is 6.18 Å². The Morgan fingerprint density at radius 1 is 1.12 bits per heavy atom. The lowest BCUT2D eigenvalue weighted by Crippen LogP contribution is -2.36. The van der Waals surface area contributed by atoms with Crippen LogP contribution in [-0.2, 0) is 11.0 Å². The summed E-state index contributed by atoms with van der Waals surface area (Å²) in [6.45, 7) is 1.81. The topological polar surface area (TPSA) is 32.3 Å². The normalized spacial score (nSPS) is 21.4. The van der Waals surface area contributed by atoms with E-state index in [-0.39, 0.29) is 17.6 Å². The number of nitrogens with zero attached hydrogens (tertiary/aromatic N) is 1. The SMILES string of the molecule is CC1NN(c2cccc(C(F)(F)F)c2)C(=O)C1c1ccc(Cl)cc1. The molecule has 2 aromatic rings. The second-order valence-electron chi connectivity index (χ2n) is 5.67. The standard InChI is InChI=1S/C17H14ClF3N2O/c1-10-15(11-5-7-13(18)8-6-11)16(24)23(22-10)14-4-2-3-12(9-14)17(19,20)21/h2-10,15,22H,1H3. The summed E-state index contributed by atoms with van der Waals surface area (Å²) in [6.07, 6.45) is -4.46. The zero-order valence-electron chi connectivity index (χ0n) is 12.6. The van der Waals surface area contributed by atoms with Gasteiger partial charge in [0.2, 0.25) is 0 Å². The van der Waals surface area contributed by atoms with Crippen LogP contribution in [0.5, 0.6) is 0 Å². The number of carbonyl (C=O) groups is 1. The minimum Gasteiger partial charge on any atom is -0.272 e. The van der Waals surface area contributed by atoms with E-state index in [1.165, 1.54) is 17.1 Å². The molecule has 1 saturated heterocycles. The quantitative estimate of drug-likeness (QED) is 0.868. The molecule has 1 amide bonds. The van der Waals surface area contributed by atoms with Gasteiger partial charge in [-0.2, -0.15) is 13.2 Å². The fourth-order valence-electron chi connectivity index (χ4n) is 2.82. The molecule has 0 aliphatic carbocycles. The second-order valence-corrected chi connectivity index (χ2v) is 6.11. The Hall–Kier alpha value is -2.05. The number of amides is 1. The number of hydrogen-bond donors (Lipinski definition) is 1. The molecule has 1 aliphatic rings. The van der Waals surface area contributed by atoms with Crippen LogP contribution < -0.4 is 10.4 Å². The van der Waals surface area contributed by atoms with Crippen LogP contribution in [0.25, 0.3) is 0 Å². The Balaban J connectivity index is 1.92. The first-order valence-electron chi connectivity index (χ1n) is 7.30. The van der Waals surface area contributed by atoms with Crippen molar-refractivity contribution in [1.82, 2.24) is 5.43 Å². The predicted octanol–water partition coefficient (Wildman–Crippen LogP) is 4.38. The van der Waals surface area contributed by atoms with Crippen molar-refractivity contribution in [2.24, 2.45) is 0 Å². The van der Waals surface area contributed by atoms with E-state index >= 15 is 0 Å². The fourth-order valence-corrected chi connectivity index (χ4v) is 2.95. The van der Waals surface area contributed by atoms with Crippen LogP contribution in [0.15, 0.2) is 48.5 Å². The maximum absolute atomic E-state index is 12.9. The van der Waals surface area contributed by atoms with E-state index in [0.717, 1.165) is 17.7 Å². The van der Waals surface area contributed by atoms with Crippen molar-refractivity contribution >= 4 is 23.2 Å². The van der Waals surface area contributed by atoms with Crippen LogP contribution in [-0.4, -0.2) is 11.9 Å². The molecule has 0 saturated carbocycles. The molecule has 126 valence electrons. The van der Waals surface area contributed by atoms with Gasteiger partial charge in [-0.15, -0.1) is 0 Å². The van der Waals surface area contributed by atoms with Crippen LogP contribution in [0.4, 0.5) is 18.9 Å². The molecule has 1 heterocycles. The van der Waals surface area contributed by atoms with Crippen LogP contribution in [0.1, 0.15) is 24.0 Å². The molecule has 2 unspecified atom stereocenters. The maximum Gasteiger partial charge on any atom is 0.416 e. The van der Waals surface area contributed by atoms with E-state index in [2.05, 4.69) is 5.43 Å². The van der Waals surface area contributed by atoms with Crippen LogP contribution in [0, 0.1) is 0 Å². The Morgan fingerprint density at radius 2 is 1.79 bits per heavy atom. The van der Waals surface area contributed by atoms with E-state index in [1.54, 1.807) is 24.3 Å². The van der Waals surface area contributed by atoms with Gasteiger partial charge in [0.25, 0.3) is 5.91 Å². The largest absolute Gasteiger partial charge is 0.416 e. The van der Waals surface area contributed by atoms with Gasteiger partial charge in [-0.3, -0.25) is 4.79 Å². The molecule has 0 aromatic heterocycles. The summed E-state index contributed by atoms with van der Waals surface area (Å²) < 4.78 is 38.6. The van der Waals surface area contributed by atoms with Crippen molar-refractivity contribution in [3.05, 3.63) is 64.7 Å². The highest BCUT2D eigenvalue weighted by atomic mass is 35.5. The molecule has 1 aliphatic heterocycles.